The van der Waals surface area contributed by atoms with E-state index in [1.165, 1.54) is 54.0 Å². The summed E-state index contributed by atoms with van der Waals surface area (Å²) in [5, 5.41) is 22.2. The number of nitrogens with zero attached hydrogens (tertiary/aromatic N) is 5. The molecule has 1 N–H and O–H groups in total. The number of halogens is 3. The maximum atomic E-state index is 13.5. The molecule has 1 aliphatic heterocycles. The van der Waals surface area contributed by atoms with Gasteiger partial charge in [0, 0.05) is 25.2 Å². The molecule has 1 aliphatic carbocycles. The number of unbranched alkanes of at least 4 members (excludes halogenated alkanes) is 1. The SMILES string of the molecule is O=C(O)C1(S(=O)(=O)c2ccc(CCCCn3nnc(-c4ccc(OC(F)(F)F)cc4)n3)cc2)CCN(CC2CC2)CC1. The van der Waals surface area contributed by atoms with Crippen molar-refractivity contribution in [1.29, 1.82) is 0 Å². The van der Waals surface area contributed by atoms with Crippen LogP contribution < -0.4 is 4.74 Å². The molecule has 2 aliphatic rings. The molecule has 1 saturated heterocycles. The van der Waals surface area contributed by atoms with Gasteiger partial charge in [0.1, 0.15) is 5.75 Å². The number of aromatic nitrogens is 4. The van der Waals surface area contributed by atoms with Crippen LogP contribution in [-0.2, 0) is 27.6 Å². The lowest BCUT2D eigenvalue weighted by Crippen LogP contribution is -2.54. The summed E-state index contributed by atoms with van der Waals surface area (Å²) in [4.78, 5) is 15.9. The van der Waals surface area contributed by atoms with Crippen LogP contribution in [-0.4, -0.2) is 75.3 Å². The molecule has 0 amide bonds. The summed E-state index contributed by atoms with van der Waals surface area (Å²) in [5.74, 6) is -0.684. The standard InChI is InChI=1S/C28H32F3N5O5S/c29-28(30,31)41-23-10-8-22(9-11-23)25-32-34-36(33-25)16-2-1-3-20-6-12-24(13-7-20)42(39,40)27(26(37)38)14-17-35(18-15-27)19-21-4-5-21/h6-13,21H,1-5,14-19H2,(H,37,38). The van der Waals surface area contributed by atoms with E-state index in [1.807, 2.05) is 0 Å². The molecule has 226 valence electrons. The number of rotatable bonds is 12. The number of piperidine rings is 1. The first-order valence-corrected chi connectivity index (χ1v) is 15.4. The molecular formula is C28H32F3N5O5S. The van der Waals surface area contributed by atoms with Crippen LogP contribution in [0.5, 0.6) is 5.75 Å². The minimum atomic E-state index is -4.77. The second kappa shape index (κ2) is 12.0. The van der Waals surface area contributed by atoms with Gasteiger partial charge in [-0.1, -0.05) is 12.1 Å². The summed E-state index contributed by atoms with van der Waals surface area (Å²) in [6.07, 6.45) is -0.108. The van der Waals surface area contributed by atoms with Crippen molar-refractivity contribution in [2.45, 2.75) is 67.5 Å². The molecule has 0 spiro atoms. The van der Waals surface area contributed by atoms with Gasteiger partial charge in [-0.2, -0.15) is 4.80 Å². The Bertz CT molecular complexity index is 1480. The summed E-state index contributed by atoms with van der Waals surface area (Å²) in [5.41, 5.74) is 1.42. The summed E-state index contributed by atoms with van der Waals surface area (Å²) in [6, 6.07) is 11.7. The lowest BCUT2D eigenvalue weighted by atomic mass is 9.95. The molecule has 42 heavy (non-hydrogen) atoms. The van der Waals surface area contributed by atoms with Gasteiger partial charge < -0.3 is 14.7 Å². The van der Waals surface area contributed by atoms with Gasteiger partial charge in [0.15, 0.2) is 14.6 Å². The summed E-state index contributed by atoms with van der Waals surface area (Å²) < 4.78 is 66.1. The van der Waals surface area contributed by atoms with Crippen LogP contribution in [0.15, 0.2) is 53.4 Å². The Morgan fingerprint density at radius 1 is 1.02 bits per heavy atom. The highest BCUT2D eigenvalue weighted by Crippen LogP contribution is 2.38. The van der Waals surface area contributed by atoms with E-state index in [-0.39, 0.29) is 29.3 Å². The van der Waals surface area contributed by atoms with Crippen LogP contribution in [0.25, 0.3) is 11.4 Å². The molecular weight excluding hydrogens is 575 g/mol. The lowest BCUT2D eigenvalue weighted by Gasteiger charge is -2.38. The van der Waals surface area contributed by atoms with Crippen molar-refractivity contribution >= 4 is 15.8 Å². The number of aryl methyl sites for hydroxylation is 2. The van der Waals surface area contributed by atoms with E-state index in [0.29, 0.717) is 44.0 Å². The fourth-order valence-electron chi connectivity index (χ4n) is 5.26. The summed E-state index contributed by atoms with van der Waals surface area (Å²) in [7, 11) is -4.08. The predicted octanol–water partition coefficient (Wildman–Crippen LogP) is 4.36. The van der Waals surface area contributed by atoms with Gasteiger partial charge in [-0.25, -0.2) is 8.42 Å². The van der Waals surface area contributed by atoms with Crippen LogP contribution in [0.1, 0.15) is 44.1 Å². The average Bonchev–Trinajstić information content (AvgIpc) is 3.64. The largest absolute Gasteiger partial charge is 0.573 e. The first-order chi connectivity index (χ1) is 19.9. The van der Waals surface area contributed by atoms with E-state index >= 15 is 0 Å². The van der Waals surface area contributed by atoms with E-state index in [4.69, 9.17) is 0 Å². The number of hydrogen-bond acceptors (Lipinski definition) is 8. The number of carboxylic acids is 1. The molecule has 0 unspecified atom stereocenters. The molecule has 1 saturated carbocycles. The van der Waals surface area contributed by atoms with Gasteiger partial charge in [-0.3, -0.25) is 4.79 Å². The van der Waals surface area contributed by atoms with Gasteiger partial charge in [0.05, 0.1) is 11.4 Å². The van der Waals surface area contributed by atoms with Crippen LogP contribution in [0.2, 0.25) is 0 Å². The first kappa shape index (κ1) is 30.0. The van der Waals surface area contributed by atoms with E-state index in [1.54, 1.807) is 12.1 Å². The molecule has 2 fully saturated rings. The maximum absolute atomic E-state index is 13.5. The smallest absolute Gasteiger partial charge is 0.480 e. The molecule has 10 nitrogen and oxygen atoms in total. The highest BCUT2D eigenvalue weighted by molar-refractivity contribution is 7.93. The highest BCUT2D eigenvalue weighted by atomic mass is 32.2. The van der Waals surface area contributed by atoms with Crippen molar-refractivity contribution < 1.29 is 36.2 Å². The van der Waals surface area contributed by atoms with E-state index in [2.05, 4.69) is 25.0 Å². The number of tetrazole rings is 1. The Morgan fingerprint density at radius 2 is 1.69 bits per heavy atom. The molecule has 0 atom stereocenters. The molecule has 5 rings (SSSR count). The summed E-state index contributed by atoms with van der Waals surface area (Å²) in [6.45, 7) is 2.31. The number of carboxylic acid groups (broad SMARTS) is 1. The number of aliphatic carboxylic acids is 1. The molecule has 2 heterocycles. The molecule has 0 bridgehead atoms. The molecule has 1 aromatic heterocycles. The van der Waals surface area contributed by atoms with E-state index in [0.717, 1.165) is 18.5 Å². The topological polar surface area (TPSA) is 128 Å². The number of sulfone groups is 1. The third-order valence-electron chi connectivity index (χ3n) is 7.89. The zero-order valence-corrected chi connectivity index (χ0v) is 23.6. The Kier molecular flexibility index (Phi) is 8.56. The number of likely N-dealkylation sites (tertiary alicyclic amines) is 1. The monoisotopic (exact) mass is 607 g/mol. The van der Waals surface area contributed by atoms with Gasteiger partial charge in [0.25, 0.3) is 0 Å². The highest BCUT2D eigenvalue weighted by Gasteiger charge is 2.53. The van der Waals surface area contributed by atoms with E-state index in [9.17, 15) is 31.5 Å². The first-order valence-electron chi connectivity index (χ1n) is 13.9. The van der Waals surface area contributed by atoms with Gasteiger partial charge >= 0.3 is 12.3 Å². The van der Waals surface area contributed by atoms with Gasteiger partial charge in [-0.15, -0.1) is 23.4 Å². The van der Waals surface area contributed by atoms with Crippen LogP contribution in [0.4, 0.5) is 13.2 Å². The van der Waals surface area contributed by atoms with Gasteiger partial charge in [-0.05, 0) is 98.0 Å². The Labute approximate surface area is 241 Å². The lowest BCUT2D eigenvalue weighted by molar-refractivity contribution is -0.274. The van der Waals surface area contributed by atoms with Crippen molar-refractivity contribution in [2.75, 3.05) is 19.6 Å². The predicted molar refractivity (Wildman–Crippen MR) is 145 cm³/mol. The molecule has 2 aromatic carbocycles. The number of alkyl halides is 3. The zero-order valence-electron chi connectivity index (χ0n) is 22.8. The van der Waals surface area contributed by atoms with Crippen LogP contribution in [0, 0.1) is 5.92 Å². The fraction of sp³-hybridized carbons (Fsp3) is 0.500. The van der Waals surface area contributed by atoms with Gasteiger partial charge in [0.2, 0.25) is 5.82 Å². The Morgan fingerprint density at radius 3 is 2.29 bits per heavy atom. The van der Waals surface area contributed by atoms with Crippen molar-refractivity contribution in [2.24, 2.45) is 5.92 Å². The van der Waals surface area contributed by atoms with E-state index < -0.39 is 26.9 Å². The number of carbonyl (C=O) groups is 1. The second-order valence-electron chi connectivity index (χ2n) is 10.9. The average molecular weight is 608 g/mol. The third-order valence-corrected chi connectivity index (χ3v) is 10.4. The van der Waals surface area contributed by atoms with Crippen molar-refractivity contribution in [3.05, 3.63) is 54.1 Å². The molecule has 14 heteroatoms. The Balaban J connectivity index is 1.12. The molecule has 3 aromatic rings. The summed E-state index contributed by atoms with van der Waals surface area (Å²) >= 11 is 0. The second-order valence-corrected chi connectivity index (χ2v) is 13.2. The fourth-order valence-corrected chi connectivity index (χ4v) is 7.16. The van der Waals surface area contributed by atoms with Crippen molar-refractivity contribution in [3.8, 4) is 17.1 Å². The van der Waals surface area contributed by atoms with Crippen molar-refractivity contribution in [1.82, 2.24) is 25.1 Å². The van der Waals surface area contributed by atoms with Crippen LogP contribution >= 0.6 is 0 Å². The normalized spacial score (nSPS) is 17.7. The number of benzene rings is 2. The number of hydrogen-bond donors (Lipinski definition) is 1. The van der Waals surface area contributed by atoms with Crippen LogP contribution in [0.3, 0.4) is 0 Å². The molecule has 0 radical (unpaired) electrons. The van der Waals surface area contributed by atoms with Crippen molar-refractivity contribution in [3.63, 3.8) is 0 Å². The minimum absolute atomic E-state index is 0.0293. The zero-order chi connectivity index (χ0) is 30.0. The minimum Gasteiger partial charge on any atom is -0.480 e. The third kappa shape index (κ3) is 6.92. The number of ether oxygens (including phenoxy) is 1. The maximum Gasteiger partial charge on any atom is 0.573 e. The Hall–Kier alpha value is -3.52. The quantitative estimate of drug-likeness (QED) is 0.299.